The number of anilines is 1. The summed E-state index contributed by atoms with van der Waals surface area (Å²) in [5.41, 5.74) is 5.14. The number of hydrogen-bond acceptors (Lipinski definition) is 1. The normalized spacial score (nSPS) is 11.6. The van der Waals surface area contributed by atoms with Gasteiger partial charge in [-0.15, -0.1) is 0 Å². The molecule has 1 nitrogen and oxygen atoms in total. The van der Waals surface area contributed by atoms with E-state index >= 15 is 0 Å². The summed E-state index contributed by atoms with van der Waals surface area (Å²) in [6.07, 6.45) is 1.82. The molecule has 0 saturated heterocycles. The van der Waals surface area contributed by atoms with Crippen molar-refractivity contribution in [1.82, 2.24) is 0 Å². The van der Waals surface area contributed by atoms with Crippen molar-refractivity contribution in [2.24, 2.45) is 0 Å². The predicted molar refractivity (Wildman–Crippen MR) is 99.8 cm³/mol. The van der Waals surface area contributed by atoms with Gasteiger partial charge in [-0.2, -0.15) is 0 Å². The highest BCUT2D eigenvalue weighted by molar-refractivity contribution is 5.77. The fourth-order valence-corrected chi connectivity index (χ4v) is 2.48. The Bertz CT molecular complexity index is 758. The molecule has 0 fully saturated rings. The molecule has 2 rings (SSSR count). The van der Waals surface area contributed by atoms with Gasteiger partial charge in [-0.05, 0) is 54.3 Å². The lowest BCUT2D eigenvalue weighted by Gasteiger charge is -2.20. The van der Waals surface area contributed by atoms with Crippen molar-refractivity contribution in [3.05, 3.63) is 84.7 Å². The van der Waals surface area contributed by atoms with E-state index in [-0.39, 0.29) is 11.9 Å². The third kappa shape index (κ3) is 3.78. The lowest BCUT2D eigenvalue weighted by atomic mass is 9.96. The minimum absolute atomic E-state index is 0.000433. The first kappa shape index (κ1) is 16.8. The molecule has 0 bridgehead atoms. The van der Waals surface area contributed by atoms with Crippen LogP contribution in [0, 0.1) is 5.82 Å². The molecule has 0 spiro atoms. The Hall–Kier alpha value is -2.61. The summed E-state index contributed by atoms with van der Waals surface area (Å²) in [6, 6.07) is 13.0. The van der Waals surface area contributed by atoms with Crippen LogP contribution < -0.4 is 5.32 Å². The highest BCUT2D eigenvalue weighted by Crippen LogP contribution is 2.26. The summed E-state index contributed by atoms with van der Waals surface area (Å²) >= 11 is 0. The van der Waals surface area contributed by atoms with Crippen LogP contribution in [0.25, 0.3) is 17.2 Å². The molecule has 2 heteroatoms. The summed E-state index contributed by atoms with van der Waals surface area (Å²) in [6.45, 7) is 15.7. The van der Waals surface area contributed by atoms with Gasteiger partial charge < -0.3 is 5.32 Å². The molecule has 23 heavy (non-hydrogen) atoms. The van der Waals surface area contributed by atoms with Gasteiger partial charge in [0.1, 0.15) is 5.82 Å². The van der Waals surface area contributed by atoms with Crippen LogP contribution in [0.1, 0.15) is 30.5 Å². The Morgan fingerprint density at radius 3 is 2.48 bits per heavy atom. The van der Waals surface area contributed by atoms with E-state index in [0.717, 1.165) is 22.4 Å². The third-order valence-electron chi connectivity index (χ3n) is 3.86. The second-order valence-electron chi connectivity index (χ2n) is 5.66. The smallest absolute Gasteiger partial charge is 0.130 e. The van der Waals surface area contributed by atoms with Crippen molar-refractivity contribution in [1.29, 1.82) is 0 Å². The van der Waals surface area contributed by atoms with Crippen LogP contribution in [0.15, 0.2) is 62.2 Å². The quantitative estimate of drug-likeness (QED) is 0.688. The molecule has 0 saturated carbocycles. The van der Waals surface area contributed by atoms with Gasteiger partial charge in [-0.3, -0.25) is 0 Å². The fourth-order valence-electron chi connectivity index (χ4n) is 2.48. The van der Waals surface area contributed by atoms with Crippen molar-refractivity contribution in [3.8, 4) is 0 Å². The predicted octanol–water partition coefficient (Wildman–Crippen LogP) is 6.02. The number of rotatable bonds is 6. The van der Waals surface area contributed by atoms with Gasteiger partial charge >= 0.3 is 0 Å². The van der Waals surface area contributed by atoms with Crippen LogP contribution in [0.3, 0.4) is 0 Å². The van der Waals surface area contributed by atoms with Gasteiger partial charge in [0.05, 0.1) is 0 Å². The maximum Gasteiger partial charge on any atom is 0.130 e. The minimum Gasteiger partial charge on any atom is -0.379 e. The zero-order chi connectivity index (χ0) is 17.0. The molecular weight excluding hydrogens is 285 g/mol. The molecule has 118 valence electrons. The van der Waals surface area contributed by atoms with E-state index < -0.39 is 0 Å². The van der Waals surface area contributed by atoms with Gasteiger partial charge in [0, 0.05) is 17.3 Å². The maximum absolute atomic E-state index is 13.8. The Kier molecular flexibility index (Phi) is 5.17. The Labute approximate surface area is 137 Å². The number of hydrogen-bond donors (Lipinski definition) is 1. The molecule has 2 aromatic carbocycles. The largest absolute Gasteiger partial charge is 0.379 e. The van der Waals surface area contributed by atoms with Crippen molar-refractivity contribution >= 4 is 22.9 Å². The topological polar surface area (TPSA) is 12.0 Å². The molecule has 0 aromatic heterocycles. The van der Waals surface area contributed by atoms with Crippen LogP contribution in [-0.2, 0) is 0 Å². The van der Waals surface area contributed by atoms with E-state index in [1.165, 1.54) is 6.07 Å². The SMILES string of the molecule is C=Cc1ccccc1C(=C)C(C)Nc1ccc(F)c(C(=C)C)c1. The monoisotopic (exact) mass is 307 g/mol. The summed E-state index contributed by atoms with van der Waals surface area (Å²) in [5.74, 6) is -0.258. The van der Waals surface area contributed by atoms with Crippen molar-refractivity contribution < 1.29 is 4.39 Å². The molecule has 0 radical (unpaired) electrons. The van der Waals surface area contributed by atoms with Crippen LogP contribution >= 0.6 is 0 Å². The van der Waals surface area contributed by atoms with Gasteiger partial charge in [0.25, 0.3) is 0 Å². The maximum atomic E-state index is 13.8. The third-order valence-corrected chi connectivity index (χ3v) is 3.86. The minimum atomic E-state index is -0.258. The molecular formula is C21H22FN. The number of benzene rings is 2. The molecule has 1 unspecified atom stereocenters. The van der Waals surface area contributed by atoms with Crippen LogP contribution in [0.4, 0.5) is 10.1 Å². The first-order chi connectivity index (χ1) is 10.9. The molecule has 0 heterocycles. The summed E-state index contributed by atoms with van der Waals surface area (Å²) in [4.78, 5) is 0. The number of nitrogens with one attached hydrogen (secondary N) is 1. The van der Waals surface area contributed by atoms with E-state index in [4.69, 9.17) is 0 Å². The molecule has 0 amide bonds. The van der Waals surface area contributed by atoms with Crippen LogP contribution in [0.2, 0.25) is 0 Å². The molecule has 1 N–H and O–H groups in total. The molecule has 0 aliphatic heterocycles. The van der Waals surface area contributed by atoms with Gasteiger partial charge in [0.15, 0.2) is 0 Å². The average Bonchev–Trinajstić information content (AvgIpc) is 2.55. The second kappa shape index (κ2) is 7.10. The highest BCUT2D eigenvalue weighted by atomic mass is 19.1. The summed E-state index contributed by atoms with van der Waals surface area (Å²) in [5, 5.41) is 3.37. The number of allylic oxidation sites excluding steroid dienone is 1. The summed E-state index contributed by atoms with van der Waals surface area (Å²) < 4.78 is 13.8. The fraction of sp³-hybridized carbons (Fsp3) is 0.143. The molecule has 2 aromatic rings. The van der Waals surface area contributed by atoms with Crippen molar-refractivity contribution in [2.75, 3.05) is 5.32 Å². The summed E-state index contributed by atoms with van der Waals surface area (Å²) in [7, 11) is 0. The van der Waals surface area contributed by atoms with E-state index in [0.29, 0.717) is 11.1 Å². The Morgan fingerprint density at radius 1 is 1.13 bits per heavy atom. The van der Waals surface area contributed by atoms with Gasteiger partial charge in [0.2, 0.25) is 0 Å². The highest BCUT2D eigenvalue weighted by Gasteiger charge is 2.12. The Morgan fingerprint density at radius 2 is 1.83 bits per heavy atom. The second-order valence-corrected chi connectivity index (χ2v) is 5.66. The first-order valence-electron chi connectivity index (χ1n) is 7.56. The van der Waals surface area contributed by atoms with E-state index in [2.05, 4.69) is 25.1 Å². The lowest BCUT2D eigenvalue weighted by Crippen LogP contribution is -2.17. The number of halogens is 1. The average molecular weight is 307 g/mol. The first-order valence-corrected chi connectivity index (χ1v) is 7.56. The molecule has 0 aliphatic carbocycles. The Balaban J connectivity index is 2.23. The van der Waals surface area contributed by atoms with E-state index in [1.54, 1.807) is 19.1 Å². The van der Waals surface area contributed by atoms with Crippen LogP contribution in [0.5, 0.6) is 0 Å². The van der Waals surface area contributed by atoms with Gasteiger partial charge in [-0.25, -0.2) is 4.39 Å². The van der Waals surface area contributed by atoms with Crippen LogP contribution in [-0.4, -0.2) is 6.04 Å². The zero-order valence-electron chi connectivity index (χ0n) is 13.7. The van der Waals surface area contributed by atoms with Gasteiger partial charge in [-0.1, -0.05) is 50.1 Å². The standard InChI is InChI=1S/C21H22FN/c1-6-17-9-7-8-10-19(17)15(4)16(5)23-18-11-12-21(22)20(13-18)14(2)3/h6-13,16,23H,1-2,4H2,3,5H3. The zero-order valence-corrected chi connectivity index (χ0v) is 13.7. The lowest BCUT2D eigenvalue weighted by molar-refractivity contribution is 0.624. The van der Waals surface area contributed by atoms with E-state index in [1.807, 2.05) is 37.3 Å². The van der Waals surface area contributed by atoms with Crippen molar-refractivity contribution in [2.45, 2.75) is 19.9 Å². The molecule has 0 aliphatic rings. The van der Waals surface area contributed by atoms with Crippen molar-refractivity contribution in [3.63, 3.8) is 0 Å². The molecule has 1 atom stereocenters. The van der Waals surface area contributed by atoms with E-state index in [9.17, 15) is 4.39 Å².